The summed E-state index contributed by atoms with van der Waals surface area (Å²) in [5.41, 5.74) is 0.353. The van der Waals surface area contributed by atoms with E-state index >= 15 is 0 Å². The van der Waals surface area contributed by atoms with Crippen molar-refractivity contribution in [3.05, 3.63) is 17.8 Å². The van der Waals surface area contributed by atoms with Crippen molar-refractivity contribution >= 4 is 11.7 Å². The fourth-order valence-electron chi connectivity index (χ4n) is 1.66. The Morgan fingerprint density at radius 1 is 1.32 bits per heavy atom. The lowest BCUT2D eigenvalue weighted by Crippen LogP contribution is -2.28. The number of nitrogens with one attached hydrogen (secondary N) is 1. The summed E-state index contributed by atoms with van der Waals surface area (Å²) >= 11 is 0. The molecule has 0 unspecified atom stereocenters. The number of aromatic nitrogens is 2. The Morgan fingerprint density at radius 3 is 2.68 bits per heavy atom. The van der Waals surface area contributed by atoms with E-state index in [4.69, 9.17) is 5.11 Å². The molecule has 0 atom stereocenters. The SMILES string of the molecule is CCNc1ccc(C(=O)N(C)CCCCCO)nn1. The van der Waals surface area contributed by atoms with Crippen molar-refractivity contribution < 1.29 is 9.90 Å². The van der Waals surface area contributed by atoms with E-state index < -0.39 is 0 Å². The summed E-state index contributed by atoms with van der Waals surface area (Å²) in [5, 5.41) is 19.6. The predicted octanol–water partition coefficient (Wildman–Crippen LogP) is 1.14. The summed E-state index contributed by atoms with van der Waals surface area (Å²) < 4.78 is 0. The zero-order chi connectivity index (χ0) is 14.1. The van der Waals surface area contributed by atoms with Gasteiger partial charge in [0.25, 0.3) is 5.91 Å². The van der Waals surface area contributed by atoms with Crippen LogP contribution in [0.3, 0.4) is 0 Å². The van der Waals surface area contributed by atoms with Gasteiger partial charge in [-0.3, -0.25) is 4.79 Å². The van der Waals surface area contributed by atoms with Crippen molar-refractivity contribution in [2.75, 3.05) is 32.1 Å². The van der Waals surface area contributed by atoms with Gasteiger partial charge in [-0.15, -0.1) is 10.2 Å². The van der Waals surface area contributed by atoms with Crippen LogP contribution in [0.25, 0.3) is 0 Å². The number of nitrogens with zero attached hydrogens (tertiary/aromatic N) is 3. The average Bonchev–Trinajstić information content (AvgIpc) is 2.44. The maximum atomic E-state index is 12.0. The van der Waals surface area contributed by atoms with Crippen LogP contribution in [0.2, 0.25) is 0 Å². The van der Waals surface area contributed by atoms with Gasteiger partial charge in [0.15, 0.2) is 5.69 Å². The highest BCUT2D eigenvalue weighted by Crippen LogP contribution is 2.05. The van der Waals surface area contributed by atoms with Crippen LogP contribution in [0.1, 0.15) is 36.7 Å². The zero-order valence-corrected chi connectivity index (χ0v) is 11.6. The Bertz CT molecular complexity index is 381. The van der Waals surface area contributed by atoms with Gasteiger partial charge in [0.2, 0.25) is 0 Å². The first-order valence-corrected chi connectivity index (χ1v) is 6.63. The maximum absolute atomic E-state index is 12.0. The summed E-state index contributed by atoms with van der Waals surface area (Å²) in [7, 11) is 1.75. The van der Waals surface area contributed by atoms with E-state index in [1.807, 2.05) is 6.92 Å². The molecule has 0 aromatic carbocycles. The second-order valence-electron chi connectivity index (χ2n) is 4.35. The van der Waals surface area contributed by atoms with Crippen molar-refractivity contribution in [1.29, 1.82) is 0 Å². The third-order valence-electron chi connectivity index (χ3n) is 2.74. The molecule has 0 aliphatic heterocycles. The minimum absolute atomic E-state index is 0.125. The molecule has 0 spiro atoms. The van der Waals surface area contributed by atoms with E-state index in [1.54, 1.807) is 24.1 Å². The number of carbonyl (C=O) groups excluding carboxylic acids is 1. The third kappa shape index (κ3) is 5.21. The number of aliphatic hydroxyl groups is 1. The molecule has 0 radical (unpaired) electrons. The first kappa shape index (κ1) is 15.4. The molecule has 19 heavy (non-hydrogen) atoms. The van der Waals surface area contributed by atoms with Gasteiger partial charge in [-0.25, -0.2) is 0 Å². The molecule has 6 heteroatoms. The topological polar surface area (TPSA) is 78.4 Å². The maximum Gasteiger partial charge on any atom is 0.274 e. The zero-order valence-electron chi connectivity index (χ0n) is 11.6. The van der Waals surface area contributed by atoms with E-state index in [2.05, 4.69) is 15.5 Å². The molecule has 106 valence electrons. The Morgan fingerprint density at radius 2 is 2.11 bits per heavy atom. The number of carbonyl (C=O) groups is 1. The molecule has 1 aromatic rings. The number of anilines is 1. The van der Waals surface area contributed by atoms with E-state index in [-0.39, 0.29) is 12.5 Å². The van der Waals surface area contributed by atoms with Gasteiger partial charge in [-0.2, -0.15) is 0 Å². The number of rotatable bonds is 8. The smallest absolute Gasteiger partial charge is 0.274 e. The number of amides is 1. The van der Waals surface area contributed by atoms with Gasteiger partial charge >= 0.3 is 0 Å². The number of hydrogen-bond acceptors (Lipinski definition) is 5. The minimum Gasteiger partial charge on any atom is -0.396 e. The number of aliphatic hydroxyl groups excluding tert-OH is 1. The van der Waals surface area contributed by atoms with Gasteiger partial charge in [0.05, 0.1) is 0 Å². The molecular formula is C13H22N4O2. The second-order valence-corrected chi connectivity index (χ2v) is 4.35. The molecule has 0 aliphatic rings. The van der Waals surface area contributed by atoms with E-state index in [0.29, 0.717) is 18.1 Å². The summed E-state index contributed by atoms with van der Waals surface area (Å²) in [6.45, 7) is 3.61. The lowest BCUT2D eigenvalue weighted by Gasteiger charge is -2.16. The van der Waals surface area contributed by atoms with Crippen LogP contribution >= 0.6 is 0 Å². The predicted molar refractivity (Wildman–Crippen MR) is 74.1 cm³/mol. The normalized spacial score (nSPS) is 10.3. The van der Waals surface area contributed by atoms with Crippen LogP contribution in [0, 0.1) is 0 Å². The van der Waals surface area contributed by atoms with Crippen molar-refractivity contribution in [2.24, 2.45) is 0 Å². The minimum atomic E-state index is -0.125. The average molecular weight is 266 g/mol. The largest absolute Gasteiger partial charge is 0.396 e. The highest BCUT2D eigenvalue weighted by Gasteiger charge is 2.13. The van der Waals surface area contributed by atoms with Crippen LogP contribution in [-0.2, 0) is 0 Å². The molecule has 0 saturated carbocycles. The molecule has 1 aromatic heterocycles. The number of unbranched alkanes of at least 4 members (excludes halogenated alkanes) is 2. The molecule has 1 heterocycles. The highest BCUT2D eigenvalue weighted by atomic mass is 16.2. The van der Waals surface area contributed by atoms with Gasteiger partial charge in [-0.1, -0.05) is 0 Å². The highest BCUT2D eigenvalue weighted by molar-refractivity contribution is 5.92. The van der Waals surface area contributed by atoms with Crippen molar-refractivity contribution in [3.8, 4) is 0 Å². The number of hydrogen-bond donors (Lipinski definition) is 2. The lowest BCUT2D eigenvalue weighted by atomic mass is 10.2. The van der Waals surface area contributed by atoms with Crippen molar-refractivity contribution in [1.82, 2.24) is 15.1 Å². The Labute approximate surface area is 113 Å². The van der Waals surface area contributed by atoms with Gasteiger partial charge in [-0.05, 0) is 38.3 Å². The standard InChI is InChI=1S/C13H22N4O2/c1-3-14-12-8-7-11(15-16-12)13(19)17(2)9-5-4-6-10-18/h7-8,18H,3-6,9-10H2,1-2H3,(H,14,16). The fraction of sp³-hybridized carbons (Fsp3) is 0.615. The van der Waals surface area contributed by atoms with E-state index in [1.165, 1.54) is 0 Å². The molecular weight excluding hydrogens is 244 g/mol. The molecule has 1 amide bonds. The first-order chi connectivity index (χ1) is 9.19. The fourth-order valence-corrected chi connectivity index (χ4v) is 1.66. The third-order valence-corrected chi connectivity index (χ3v) is 2.74. The van der Waals surface area contributed by atoms with Crippen molar-refractivity contribution in [2.45, 2.75) is 26.2 Å². The molecule has 0 aliphatic carbocycles. The quantitative estimate of drug-likeness (QED) is 0.690. The molecule has 0 saturated heterocycles. The van der Waals surface area contributed by atoms with Crippen LogP contribution in [0.5, 0.6) is 0 Å². The molecule has 0 bridgehead atoms. The molecule has 6 nitrogen and oxygen atoms in total. The molecule has 1 rings (SSSR count). The Hall–Kier alpha value is -1.69. The van der Waals surface area contributed by atoms with Crippen molar-refractivity contribution in [3.63, 3.8) is 0 Å². The lowest BCUT2D eigenvalue weighted by molar-refractivity contribution is 0.0785. The summed E-state index contributed by atoms with van der Waals surface area (Å²) in [6.07, 6.45) is 2.57. The summed E-state index contributed by atoms with van der Waals surface area (Å²) in [4.78, 5) is 13.7. The van der Waals surface area contributed by atoms with Gasteiger partial charge in [0, 0.05) is 26.7 Å². The molecule has 0 fully saturated rings. The van der Waals surface area contributed by atoms with Crippen LogP contribution in [0.15, 0.2) is 12.1 Å². The first-order valence-electron chi connectivity index (χ1n) is 6.63. The second kappa shape index (κ2) is 8.42. The van der Waals surface area contributed by atoms with Crippen LogP contribution in [0.4, 0.5) is 5.82 Å². The van der Waals surface area contributed by atoms with E-state index in [9.17, 15) is 4.79 Å². The Balaban J connectivity index is 2.47. The van der Waals surface area contributed by atoms with Crippen LogP contribution in [-0.4, -0.2) is 52.9 Å². The van der Waals surface area contributed by atoms with Gasteiger partial charge in [0.1, 0.15) is 5.82 Å². The summed E-state index contributed by atoms with van der Waals surface area (Å²) in [5.74, 6) is 0.546. The van der Waals surface area contributed by atoms with E-state index in [0.717, 1.165) is 25.8 Å². The summed E-state index contributed by atoms with van der Waals surface area (Å²) in [6, 6.07) is 3.43. The monoisotopic (exact) mass is 266 g/mol. The van der Waals surface area contributed by atoms with Crippen LogP contribution < -0.4 is 5.32 Å². The molecule has 2 N–H and O–H groups in total. The van der Waals surface area contributed by atoms with Gasteiger partial charge < -0.3 is 15.3 Å². The Kier molecular flexibility index (Phi) is 6.81.